The third-order valence-corrected chi connectivity index (χ3v) is 4.27. The molecule has 2 atom stereocenters. The van der Waals surface area contributed by atoms with Gasteiger partial charge in [0.1, 0.15) is 5.69 Å². The molecule has 1 aromatic rings. The normalized spacial score (nSPS) is 29.4. The Bertz CT molecular complexity index is 476. The Balaban J connectivity index is 1.89. The van der Waals surface area contributed by atoms with E-state index in [0.29, 0.717) is 23.8 Å². The van der Waals surface area contributed by atoms with Crippen molar-refractivity contribution in [1.82, 2.24) is 10.3 Å². The van der Waals surface area contributed by atoms with Crippen molar-refractivity contribution in [1.29, 1.82) is 0 Å². The second-order valence-corrected chi connectivity index (χ2v) is 5.50. The molecule has 2 bridgehead atoms. The minimum absolute atomic E-state index is 0.136. The number of fused-ring (bicyclic) bond motifs is 2. The third kappa shape index (κ3) is 2.18. The van der Waals surface area contributed by atoms with Crippen molar-refractivity contribution >= 4 is 11.6 Å². The highest BCUT2D eigenvalue weighted by Gasteiger charge is 2.39. The predicted molar refractivity (Wildman–Crippen MR) is 74.1 cm³/mol. The molecule has 0 aromatic carbocycles. The van der Waals surface area contributed by atoms with Gasteiger partial charge in [-0.1, -0.05) is 0 Å². The number of aromatic nitrogens is 1. The summed E-state index contributed by atoms with van der Waals surface area (Å²) in [5.41, 5.74) is 7.68. The number of nitrogens with zero attached hydrogens (tertiary/aromatic N) is 2. The zero-order valence-corrected chi connectivity index (χ0v) is 11.2. The van der Waals surface area contributed by atoms with Gasteiger partial charge >= 0.3 is 0 Å². The van der Waals surface area contributed by atoms with Crippen molar-refractivity contribution in [2.45, 2.75) is 43.8 Å². The summed E-state index contributed by atoms with van der Waals surface area (Å²) in [5, 5.41) is 2.62. The number of anilines is 1. The molecule has 2 fully saturated rings. The van der Waals surface area contributed by atoms with E-state index in [0.717, 1.165) is 18.5 Å². The van der Waals surface area contributed by atoms with Crippen LogP contribution in [0.25, 0.3) is 0 Å². The number of nitrogens with one attached hydrogen (secondary N) is 1. The smallest absolute Gasteiger partial charge is 0.269 e. The van der Waals surface area contributed by atoms with Crippen LogP contribution in [0.1, 0.15) is 36.2 Å². The van der Waals surface area contributed by atoms with Crippen molar-refractivity contribution in [2.24, 2.45) is 5.73 Å². The zero-order chi connectivity index (χ0) is 13.4. The number of pyridine rings is 1. The van der Waals surface area contributed by atoms with E-state index >= 15 is 0 Å². The second-order valence-electron chi connectivity index (χ2n) is 5.50. The number of hydrogen-bond acceptors (Lipinski definition) is 4. The monoisotopic (exact) mass is 260 g/mol. The molecule has 102 valence electrons. The quantitative estimate of drug-likeness (QED) is 0.829. The molecule has 3 N–H and O–H groups in total. The Kier molecular flexibility index (Phi) is 3.14. The Morgan fingerprint density at radius 3 is 2.74 bits per heavy atom. The molecule has 3 rings (SSSR count). The maximum atomic E-state index is 11.7. The zero-order valence-electron chi connectivity index (χ0n) is 11.2. The van der Waals surface area contributed by atoms with Gasteiger partial charge in [-0.15, -0.1) is 0 Å². The van der Waals surface area contributed by atoms with Crippen LogP contribution in [0.3, 0.4) is 0 Å². The van der Waals surface area contributed by atoms with Crippen LogP contribution >= 0.6 is 0 Å². The van der Waals surface area contributed by atoms with Crippen LogP contribution in [-0.2, 0) is 0 Å². The lowest BCUT2D eigenvalue weighted by Crippen LogP contribution is -2.47. The molecule has 2 aliphatic rings. The minimum atomic E-state index is -0.136. The number of hydrogen-bond donors (Lipinski definition) is 2. The highest BCUT2D eigenvalue weighted by atomic mass is 16.1. The number of amides is 1. The average Bonchev–Trinajstić information content (AvgIpc) is 2.70. The molecule has 0 saturated carbocycles. The molecule has 0 aliphatic carbocycles. The third-order valence-electron chi connectivity index (χ3n) is 4.27. The molecule has 1 amide bonds. The van der Waals surface area contributed by atoms with Crippen LogP contribution in [0.15, 0.2) is 18.3 Å². The maximum absolute atomic E-state index is 11.7. The fraction of sp³-hybridized carbons (Fsp3) is 0.571. The topological polar surface area (TPSA) is 71.2 Å². The largest absolute Gasteiger partial charge is 0.365 e. The maximum Gasteiger partial charge on any atom is 0.269 e. The molecule has 19 heavy (non-hydrogen) atoms. The first kappa shape index (κ1) is 12.4. The Morgan fingerprint density at radius 1 is 1.42 bits per heavy atom. The summed E-state index contributed by atoms with van der Waals surface area (Å²) in [4.78, 5) is 18.2. The lowest BCUT2D eigenvalue weighted by atomic mass is 9.97. The Morgan fingerprint density at radius 2 is 2.11 bits per heavy atom. The molecular formula is C14H20N4O. The van der Waals surface area contributed by atoms with E-state index in [9.17, 15) is 4.79 Å². The molecule has 3 heterocycles. The molecule has 2 saturated heterocycles. The van der Waals surface area contributed by atoms with E-state index < -0.39 is 0 Å². The van der Waals surface area contributed by atoms with E-state index in [-0.39, 0.29) is 5.91 Å². The van der Waals surface area contributed by atoms with Gasteiger partial charge in [0.05, 0.1) is 0 Å². The van der Waals surface area contributed by atoms with E-state index in [1.807, 2.05) is 12.1 Å². The molecule has 1 aromatic heterocycles. The predicted octanol–water partition coefficient (Wildman–Crippen LogP) is 0.900. The molecule has 5 nitrogen and oxygen atoms in total. The van der Waals surface area contributed by atoms with Crippen molar-refractivity contribution in [2.75, 3.05) is 11.9 Å². The highest BCUT2D eigenvalue weighted by Crippen LogP contribution is 2.38. The summed E-state index contributed by atoms with van der Waals surface area (Å²) in [7, 11) is 1.63. The van der Waals surface area contributed by atoms with Gasteiger partial charge in [0.15, 0.2) is 0 Å². The van der Waals surface area contributed by atoms with Crippen LogP contribution in [0.2, 0.25) is 0 Å². The molecule has 2 aliphatic heterocycles. The van der Waals surface area contributed by atoms with Crippen LogP contribution in [0.5, 0.6) is 0 Å². The first-order valence-corrected chi connectivity index (χ1v) is 6.91. The molecule has 5 heteroatoms. The minimum Gasteiger partial charge on any atom is -0.365 e. The van der Waals surface area contributed by atoms with Crippen molar-refractivity contribution < 1.29 is 4.79 Å². The molecule has 0 spiro atoms. The summed E-state index contributed by atoms with van der Waals surface area (Å²) in [5.74, 6) is -0.136. The first-order valence-electron chi connectivity index (χ1n) is 6.91. The van der Waals surface area contributed by atoms with Crippen LogP contribution in [0, 0.1) is 0 Å². The first-order chi connectivity index (χ1) is 9.19. The van der Waals surface area contributed by atoms with Crippen LogP contribution < -0.4 is 16.0 Å². The molecular weight excluding hydrogens is 240 g/mol. The number of nitrogens with two attached hydrogens (primary N) is 1. The van der Waals surface area contributed by atoms with E-state index in [2.05, 4.69) is 15.2 Å². The van der Waals surface area contributed by atoms with Gasteiger partial charge in [-0.3, -0.25) is 9.78 Å². The van der Waals surface area contributed by atoms with Gasteiger partial charge in [0.25, 0.3) is 5.91 Å². The molecule has 0 radical (unpaired) electrons. The number of rotatable bonds is 2. The second kappa shape index (κ2) is 4.81. The van der Waals surface area contributed by atoms with E-state index in [1.165, 1.54) is 12.8 Å². The Hall–Kier alpha value is -1.62. The van der Waals surface area contributed by atoms with Crippen molar-refractivity contribution in [3.63, 3.8) is 0 Å². The van der Waals surface area contributed by atoms with E-state index in [4.69, 9.17) is 5.73 Å². The number of carbonyl (C=O) groups is 1. The van der Waals surface area contributed by atoms with E-state index in [1.54, 1.807) is 13.2 Å². The summed E-state index contributed by atoms with van der Waals surface area (Å²) in [6.07, 6.45) is 6.22. The van der Waals surface area contributed by atoms with Crippen LogP contribution in [0.4, 0.5) is 5.69 Å². The van der Waals surface area contributed by atoms with Gasteiger partial charge in [-0.05, 0) is 37.8 Å². The lowest BCUT2D eigenvalue weighted by molar-refractivity contribution is 0.0958. The van der Waals surface area contributed by atoms with Gasteiger partial charge in [0, 0.05) is 37.1 Å². The van der Waals surface area contributed by atoms with Gasteiger partial charge in [-0.2, -0.15) is 0 Å². The van der Waals surface area contributed by atoms with Gasteiger partial charge in [0.2, 0.25) is 0 Å². The standard InChI is InChI=1S/C14H20N4O/c1-16-14(19)13-8-12(4-5-17-13)18-10-2-3-11(18)7-9(15)6-10/h4-5,8-11H,2-3,6-7,15H2,1H3,(H,16,19). The number of piperidine rings is 1. The fourth-order valence-electron chi connectivity index (χ4n) is 3.47. The van der Waals surface area contributed by atoms with Crippen molar-refractivity contribution in [3.8, 4) is 0 Å². The fourth-order valence-corrected chi connectivity index (χ4v) is 3.47. The highest BCUT2D eigenvalue weighted by molar-refractivity contribution is 5.92. The van der Waals surface area contributed by atoms with Gasteiger partial charge in [-0.25, -0.2) is 0 Å². The summed E-state index contributed by atoms with van der Waals surface area (Å²) < 4.78 is 0. The number of carbonyl (C=O) groups excluding carboxylic acids is 1. The van der Waals surface area contributed by atoms with Gasteiger partial charge < -0.3 is 16.0 Å². The lowest BCUT2D eigenvalue weighted by Gasteiger charge is -2.39. The summed E-state index contributed by atoms with van der Waals surface area (Å²) >= 11 is 0. The Labute approximate surface area is 113 Å². The SMILES string of the molecule is CNC(=O)c1cc(N2C3CCC2CC(N)C3)ccn1. The van der Waals surface area contributed by atoms with Crippen molar-refractivity contribution in [3.05, 3.63) is 24.0 Å². The summed E-state index contributed by atoms with van der Waals surface area (Å²) in [6.45, 7) is 0. The molecule has 2 unspecified atom stereocenters. The average molecular weight is 260 g/mol. The summed E-state index contributed by atoms with van der Waals surface area (Å²) in [6, 6.07) is 5.26. The van der Waals surface area contributed by atoms with Crippen LogP contribution in [-0.4, -0.2) is 36.1 Å².